The summed E-state index contributed by atoms with van der Waals surface area (Å²) >= 11 is 0. The Morgan fingerprint density at radius 2 is 2.11 bits per heavy atom. The Labute approximate surface area is 113 Å². The number of nitrogens with zero attached hydrogens (tertiary/aromatic N) is 1. The fourth-order valence-electron chi connectivity index (χ4n) is 2.08. The third-order valence-electron chi connectivity index (χ3n) is 3.20. The van der Waals surface area contributed by atoms with Gasteiger partial charge in [0.15, 0.2) is 0 Å². The van der Waals surface area contributed by atoms with E-state index in [-0.39, 0.29) is 11.9 Å². The van der Waals surface area contributed by atoms with Crippen molar-refractivity contribution in [2.24, 2.45) is 0 Å². The van der Waals surface area contributed by atoms with E-state index in [9.17, 15) is 4.39 Å². The van der Waals surface area contributed by atoms with Crippen molar-refractivity contribution in [2.45, 2.75) is 33.3 Å². The fraction of sp³-hybridized carbons (Fsp3) is 0.312. The van der Waals surface area contributed by atoms with Gasteiger partial charge in [-0.1, -0.05) is 19.1 Å². The van der Waals surface area contributed by atoms with Gasteiger partial charge in [-0.15, -0.1) is 0 Å². The molecule has 2 rings (SSSR count). The molecule has 1 unspecified atom stereocenters. The van der Waals surface area contributed by atoms with Crippen molar-refractivity contribution in [1.82, 2.24) is 4.98 Å². The third kappa shape index (κ3) is 3.11. The van der Waals surface area contributed by atoms with Crippen LogP contribution in [0.25, 0.3) is 0 Å². The Bertz CT molecular complexity index is 568. The molecule has 1 aromatic carbocycles. The quantitative estimate of drug-likeness (QED) is 0.819. The lowest BCUT2D eigenvalue weighted by atomic mass is 10.0. The first-order valence-corrected chi connectivity index (χ1v) is 6.48. The number of benzene rings is 1. The number of pyridine rings is 1. The van der Waals surface area contributed by atoms with Gasteiger partial charge in [-0.3, -0.25) is 0 Å². The second-order valence-electron chi connectivity index (χ2n) is 4.58. The SMILES string of the molecule is CCc1cccnc1OC(C)c1cc(F)ccc1C. The lowest BCUT2D eigenvalue weighted by Gasteiger charge is -2.18. The van der Waals surface area contributed by atoms with Crippen molar-refractivity contribution in [3.8, 4) is 5.88 Å². The first-order chi connectivity index (χ1) is 9.11. The van der Waals surface area contributed by atoms with Gasteiger partial charge in [0.25, 0.3) is 0 Å². The minimum Gasteiger partial charge on any atom is -0.470 e. The molecule has 0 saturated carbocycles. The second kappa shape index (κ2) is 5.83. The number of rotatable bonds is 4. The molecule has 0 radical (unpaired) electrons. The average Bonchev–Trinajstić information content (AvgIpc) is 2.42. The molecule has 1 heterocycles. The van der Waals surface area contributed by atoms with E-state index in [0.717, 1.165) is 23.1 Å². The Morgan fingerprint density at radius 3 is 2.84 bits per heavy atom. The maximum atomic E-state index is 13.3. The molecule has 2 nitrogen and oxygen atoms in total. The number of hydrogen-bond donors (Lipinski definition) is 0. The summed E-state index contributed by atoms with van der Waals surface area (Å²) in [6, 6.07) is 8.64. The van der Waals surface area contributed by atoms with Crippen LogP contribution in [0.3, 0.4) is 0 Å². The van der Waals surface area contributed by atoms with Crippen LogP contribution in [-0.4, -0.2) is 4.98 Å². The van der Waals surface area contributed by atoms with E-state index in [2.05, 4.69) is 11.9 Å². The van der Waals surface area contributed by atoms with Crippen LogP contribution < -0.4 is 4.74 Å². The topological polar surface area (TPSA) is 22.1 Å². The van der Waals surface area contributed by atoms with E-state index in [1.807, 2.05) is 26.0 Å². The molecule has 1 aromatic heterocycles. The van der Waals surface area contributed by atoms with Gasteiger partial charge < -0.3 is 4.74 Å². The smallest absolute Gasteiger partial charge is 0.217 e. The standard InChI is InChI=1S/C16H18FNO/c1-4-13-6-5-9-18-16(13)19-12(3)15-10-14(17)8-7-11(15)2/h5-10,12H,4H2,1-3H3. The van der Waals surface area contributed by atoms with Gasteiger partial charge >= 0.3 is 0 Å². The van der Waals surface area contributed by atoms with Crippen molar-refractivity contribution >= 4 is 0 Å². The van der Waals surface area contributed by atoms with Crippen LogP contribution in [0, 0.1) is 12.7 Å². The van der Waals surface area contributed by atoms with Crippen molar-refractivity contribution in [2.75, 3.05) is 0 Å². The van der Waals surface area contributed by atoms with Gasteiger partial charge in [-0.25, -0.2) is 9.37 Å². The first kappa shape index (κ1) is 13.5. The third-order valence-corrected chi connectivity index (χ3v) is 3.20. The molecule has 0 spiro atoms. The molecule has 1 atom stereocenters. The summed E-state index contributed by atoms with van der Waals surface area (Å²) in [5.74, 6) is 0.383. The highest BCUT2D eigenvalue weighted by Crippen LogP contribution is 2.25. The molecule has 100 valence electrons. The Kier molecular flexibility index (Phi) is 4.15. The van der Waals surface area contributed by atoms with Crippen LogP contribution in [-0.2, 0) is 6.42 Å². The number of hydrogen-bond acceptors (Lipinski definition) is 2. The predicted octanol–water partition coefficient (Wildman–Crippen LogP) is 4.23. The van der Waals surface area contributed by atoms with Crippen LogP contribution >= 0.6 is 0 Å². The zero-order valence-corrected chi connectivity index (χ0v) is 11.5. The summed E-state index contributed by atoms with van der Waals surface area (Å²) in [5, 5.41) is 0. The summed E-state index contributed by atoms with van der Waals surface area (Å²) in [5.41, 5.74) is 2.93. The van der Waals surface area contributed by atoms with Crippen molar-refractivity contribution in [3.63, 3.8) is 0 Å². The Balaban J connectivity index is 2.25. The van der Waals surface area contributed by atoms with E-state index in [1.165, 1.54) is 12.1 Å². The highest BCUT2D eigenvalue weighted by molar-refractivity contribution is 5.31. The Morgan fingerprint density at radius 1 is 1.32 bits per heavy atom. The van der Waals surface area contributed by atoms with E-state index in [4.69, 9.17) is 4.74 Å². The monoisotopic (exact) mass is 259 g/mol. The van der Waals surface area contributed by atoms with Crippen LogP contribution in [0.5, 0.6) is 5.88 Å². The molecular formula is C16H18FNO. The predicted molar refractivity (Wildman–Crippen MR) is 73.8 cm³/mol. The normalized spacial score (nSPS) is 12.2. The summed E-state index contributed by atoms with van der Waals surface area (Å²) in [6.45, 7) is 5.92. The van der Waals surface area contributed by atoms with Gasteiger partial charge in [0.2, 0.25) is 5.88 Å². The highest BCUT2D eigenvalue weighted by atomic mass is 19.1. The molecular weight excluding hydrogens is 241 g/mol. The number of halogens is 1. The molecule has 0 bridgehead atoms. The summed E-state index contributed by atoms with van der Waals surface area (Å²) in [6.07, 6.45) is 2.34. The maximum Gasteiger partial charge on any atom is 0.217 e. The zero-order valence-electron chi connectivity index (χ0n) is 11.5. The van der Waals surface area contributed by atoms with Crippen LogP contribution in [0.1, 0.15) is 36.6 Å². The molecule has 0 aliphatic heterocycles. The zero-order chi connectivity index (χ0) is 13.8. The Hall–Kier alpha value is -1.90. The largest absolute Gasteiger partial charge is 0.470 e. The summed E-state index contributed by atoms with van der Waals surface area (Å²) in [4.78, 5) is 4.25. The van der Waals surface area contributed by atoms with Gasteiger partial charge in [0.05, 0.1) is 0 Å². The lowest BCUT2D eigenvalue weighted by Crippen LogP contribution is -2.08. The maximum absolute atomic E-state index is 13.3. The minimum atomic E-state index is -0.243. The van der Waals surface area contributed by atoms with Crippen molar-refractivity contribution < 1.29 is 9.13 Å². The number of aromatic nitrogens is 1. The molecule has 19 heavy (non-hydrogen) atoms. The minimum absolute atomic E-state index is 0.226. The van der Waals surface area contributed by atoms with E-state index in [0.29, 0.717) is 5.88 Å². The molecule has 0 amide bonds. The van der Waals surface area contributed by atoms with Gasteiger partial charge in [0, 0.05) is 11.8 Å². The lowest BCUT2D eigenvalue weighted by molar-refractivity contribution is 0.214. The molecule has 0 aliphatic carbocycles. The van der Waals surface area contributed by atoms with E-state index < -0.39 is 0 Å². The number of ether oxygens (including phenoxy) is 1. The molecule has 0 N–H and O–H groups in total. The molecule has 0 fully saturated rings. The van der Waals surface area contributed by atoms with Crippen molar-refractivity contribution in [1.29, 1.82) is 0 Å². The molecule has 0 saturated heterocycles. The molecule has 0 aliphatic rings. The van der Waals surface area contributed by atoms with Crippen LogP contribution in [0.15, 0.2) is 36.5 Å². The average molecular weight is 259 g/mol. The van der Waals surface area contributed by atoms with Crippen LogP contribution in [0.2, 0.25) is 0 Å². The van der Waals surface area contributed by atoms with E-state index >= 15 is 0 Å². The van der Waals surface area contributed by atoms with Crippen LogP contribution in [0.4, 0.5) is 4.39 Å². The number of aryl methyl sites for hydroxylation is 2. The van der Waals surface area contributed by atoms with Gasteiger partial charge in [-0.2, -0.15) is 0 Å². The fourth-order valence-corrected chi connectivity index (χ4v) is 2.08. The summed E-state index contributed by atoms with van der Waals surface area (Å²) < 4.78 is 19.2. The van der Waals surface area contributed by atoms with Gasteiger partial charge in [0.1, 0.15) is 11.9 Å². The first-order valence-electron chi connectivity index (χ1n) is 6.48. The summed E-state index contributed by atoms with van der Waals surface area (Å²) in [7, 11) is 0. The second-order valence-corrected chi connectivity index (χ2v) is 4.58. The molecule has 2 aromatic rings. The van der Waals surface area contributed by atoms with Gasteiger partial charge in [-0.05, 0) is 49.6 Å². The van der Waals surface area contributed by atoms with Crippen molar-refractivity contribution in [3.05, 3.63) is 59.0 Å². The highest BCUT2D eigenvalue weighted by Gasteiger charge is 2.13. The molecule has 3 heteroatoms. The van der Waals surface area contributed by atoms with E-state index in [1.54, 1.807) is 12.3 Å².